The number of carbonyl (C=O) groups excluding carboxylic acids is 1. The molecule has 1 aliphatic heterocycles. The van der Waals surface area contributed by atoms with Crippen LogP contribution in [0.1, 0.15) is 10.4 Å². The molecular formula is C18H23N5O2. The first-order valence-electron chi connectivity index (χ1n) is 8.34. The van der Waals surface area contributed by atoms with Crippen molar-refractivity contribution in [3.63, 3.8) is 0 Å². The van der Waals surface area contributed by atoms with Crippen molar-refractivity contribution in [3.05, 3.63) is 42.2 Å². The van der Waals surface area contributed by atoms with Crippen molar-refractivity contribution >= 4 is 11.9 Å². The first-order valence-corrected chi connectivity index (χ1v) is 8.34. The van der Waals surface area contributed by atoms with Crippen LogP contribution in [0.2, 0.25) is 0 Å². The molecule has 1 fully saturated rings. The molecule has 1 atom stereocenters. The Morgan fingerprint density at radius 3 is 2.72 bits per heavy atom. The Bertz CT molecular complexity index is 702. The quantitative estimate of drug-likeness (QED) is 0.863. The maximum atomic E-state index is 12.3. The van der Waals surface area contributed by atoms with Gasteiger partial charge in [-0.15, -0.1) is 0 Å². The molecule has 7 heteroatoms. The van der Waals surface area contributed by atoms with Gasteiger partial charge >= 0.3 is 0 Å². The van der Waals surface area contributed by atoms with Gasteiger partial charge in [0.25, 0.3) is 5.91 Å². The van der Waals surface area contributed by atoms with Crippen LogP contribution in [0.25, 0.3) is 11.1 Å². The van der Waals surface area contributed by atoms with Gasteiger partial charge in [-0.3, -0.25) is 4.79 Å². The van der Waals surface area contributed by atoms with Gasteiger partial charge in [-0.2, -0.15) is 0 Å². The van der Waals surface area contributed by atoms with Crippen LogP contribution < -0.4 is 11.1 Å². The van der Waals surface area contributed by atoms with Crippen LogP contribution >= 0.6 is 0 Å². The van der Waals surface area contributed by atoms with E-state index in [0.717, 1.165) is 30.8 Å². The van der Waals surface area contributed by atoms with Crippen molar-refractivity contribution < 1.29 is 9.53 Å². The number of benzene rings is 1. The molecule has 1 aromatic carbocycles. The van der Waals surface area contributed by atoms with Gasteiger partial charge < -0.3 is 20.7 Å². The first kappa shape index (κ1) is 17.3. The lowest BCUT2D eigenvalue weighted by molar-refractivity contribution is 0.0921. The molecule has 2 aromatic rings. The number of nitrogen functional groups attached to an aromatic ring is 1. The van der Waals surface area contributed by atoms with Crippen LogP contribution in [0, 0.1) is 5.92 Å². The predicted molar refractivity (Wildman–Crippen MR) is 96.0 cm³/mol. The van der Waals surface area contributed by atoms with Crippen molar-refractivity contribution in [2.45, 2.75) is 0 Å². The topological polar surface area (TPSA) is 93.4 Å². The molecular weight excluding hydrogens is 318 g/mol. The molecule has 25 heavy (non-hydrogen) atoms. The van der Waals surface area contributed by atoms with Gasteiger partial charge in [0.2, 0.25) is 5.95 Å². The Balaban J connectivity index is 1.58. The number of hydrogen-bond donors (Lipinski definition) is 2. The second-order valence-electron chi connectivity index (χ2n) is 6.32. The van der Waals surface area contributed by atoms with Gasteiger partial charge in [0.05, 0.1) is 13.2 Å². The van der Waals surface area contributed by atoms with E-state index in [2.05, 4.69) is 27.2 Å². The maximum Gasteiger partial charge on any atom is 0.251 e. The van der Waals surface area contributed by atoms with E-state index in [9.17, 15) is 4.79 Å². The third-order valence-electron chi connectivity index (χ3n) is 4.24. The maximum absolute atomic E-state index is 12.3. The lowest BCUT2D eigenvalue weighted by Gasteiger charge is -2.19. The number of rotatable bonds is 4. The standard InChI is InChI=1S/C18H23N5O2/c1-23-6-7-25-12-13(11-23)8-20-17(24)15-4-2-14(3-5-15)16-9-21-18(19)22-10-16/h2-5,9-10,13H,6-8,11-12H2,1H3,(H,20,24)(H2,19,21,22)/t13-/m0/s1. The smallest absolute Gasteiger partial charge is 0.251 e. The van der Waals surface area contributed by atoms with Crippen LogP contribution in [-0.4, -0.2) is 60.7 Å². The Morgan fingerprint density at radius 2 is 2.00 bits per heavy atom. The van der Waals surface area contributed by atoms with Crippen LogP contribution in [0.15, 0.2) is 36.7 Å². The predicted octanol–water partition coefficient (Wildman–Crippen LogP) is 1.03. The molecule has 7 nitrogen and oxygen atoms in total. The summed E-state index contributed by atoms with van der Waals surface area (Å²) in [6.07, 6.45) is 3.33. The summed E-state index contributed by atoms with van der Waals surface area (Å²) in [6, 6.07) is 7.37. The molecule has 1 saturated heterocycles. The molecule has 0 saturated carbocycles. The SMILES string of the molecule is CN1CCOC[C@@H](CNC(=O)c2ccc(-c3cnc(N)nc3)cc2)C1. The number of nitrogens with two attached hydrogens (primary N) is 1. The molecule has 0 radical (unpaired) electrons. The van der Waals surface area contributed by atoms with E-state index in [4.69, 9.17) is 10.5 Å². The molecule has 1 aromatic heterocycles. The number of aromatic nitrogens is 2. The molecule has 0 spiro atoms. The summed E-state index contributed by atoms with van der Waals surface area (Å²) in [5.74, 6) is 0.475. The van der Waals surface area contributed by atoms with E-state index in [1.54, 1.807) is 24.5 Å². The fraction of sp³-hybridized carbons (Fsp3) is 0.389. The zero-order valence-electron chi connectivity index (χ0n) is 14.3. The van der Waals surface area contributed by atoms with Crippen LogP contribution in [0.4, 0.5) is 5.95 Å². The zero-order chi connectivity index (χ0) is 17.6. The van der Waals surface area contributed by atoms with E-state index in [-0.39, 0.29) is 11.9 Å². The van der Waals surface area contributed by atoms with Gasteiger partial charge in [0.15, 0.2) is 0 Å². The summed E-state index contributed by atoms with van der Waals surface area (Å²) in [6.45, 7) is 3.89. The third-order valence-corrected chi connectivity index (χ3v) is 4.24. The number of likely N-dealkylation sites (N-methyl/N-ethyl adjacent to an activating group) is 1. The summed E-state index contributed by atoms with van der Waals surface area (Å²) >= 11 is 0. The second-order valence-corrected chi connectivity index (χ2v) is 6.32. The number of carbonyl (C=O) groups is 1. The Labute approximate surface area is 147 Å². The molecule has 1 amide bonds. The van der Waals surface area contributed by atoms with Gasteiger partial charge in [-0.05, 0) is 24.7 Å². The Kier molecular flexibility index (Phi) is 5.57. The Morgan fingerprint density at radius 1 is 1.28 bits per heavy atom. The summed E-state index contributed by atoms with van der Waals surface area (Å²) in [7, 11) is 2.07. The lowest BCUT2D eigenvalue weighted by atomic mass is 10.1. The molecule has 0 bridgehead atoms. The van der Waals surface area contributed by atoms with Crippen LogP contribution in [0.5, 0.6) is 0 Å². The summed E-state index contributed by atoms with van der Waals surface area (Å²) in [5, 5.41) is 3.00. The highest BCUT2D eigenvalue weighted by Gasteiger charge is 2.17. The Hall–Kier alpha value is -2.51. The van der Waals surface area contributed by atoms with Crippen molar-refractivity contribution in [1.29, 1.82) is 0 Å². The number of amides is 1. The third kappa shape index (κ3) is 4.74. The van der Waals surface area contributed by atoms with Crippen molar-refractivity contribution in [2.24, 2.45) is 5.92 Å². The number of nitrogens with one attached hydrogen (secondary N) is 1. The number of ether oxygens (including phenoxy) is 1. The minimum atomic E-state index is -0.0768. The van der Waals surface area contributed by atoms with E-state index in [0.29, 0.717) is 24.6 Å². The molecule has 3 N–H and O–H groups in total. The summed E-state index contributed by atoms with van der Waals surface area (Å²) in [5.41, 5.74) is 7.92. The monoisotopic (exact) mass is 341 g/mol. The molecule has 2 heterocycles. The van der Waals surface area contributed by atoms with E-state index < -0.39 is 0 Å². The van der Waals surface area contributed by atoms with E-state index >= 15 is 0 Å². The first-order chi connectivity index (χ1) is 12.1. The molecule has 0 unspecified atom stereocenters. The van der Waals surface area contributed by atoms with Crippen molar-refractivity contribution in [2.75, 3.05) is 45.6 Å². The molecule has 1 aliphatic rings. The second kappa shape index (κ2) is 8.04. The van der Waals surface area contributed by atoms with Crippen LogP contribution in [0.3, 0.4) is 0 Å². The van der Waals surface area contributed by atoms with E-state index in [1.165, 1.54) is 0 Å². The highest BCUT2D eigenvalue weighted by Crippen LogP contribution is 2.18. The average Bonchev–Trinajstić information content (AvgIpc) is 2.84. The van der Waals surface area contributed by atoms with Crippen molar-refractivity contribution in [3.8, 4) is 11.1 Å². The highest BCUT2D eigenvalue weighted by molar-refractivity contribution is 5.94. The van der Waals surface area contributed by atoms with Crippen molar-refractivity contribution in [1.82, 2.24) is 20.2 Å². The lowest BCUT2D eigenvalue weighted by Crippen LogP contribution is -2.35. The number of anilines is 1. The number of hydrogen-bond acceptors (Lipinski definition) is 6. The molecule has 3 rings (SSSR count). The zero-order valence-corrected chi connectivity index (χ0v) is 14.3. The average molecular weight is 341 g/mol. The largest absolute Gasteiger partial charge is 0.380 e. The fourth-order valence-electron chi connectivity index (χ4n) is 2.82. The van der Waals surface area contributed by atoms with E-state index in [1.807, 2.05) is 12.1 Å². The minimum Gasteiger partial charge on any atom is -0.380 e. The highest BCUT2D eigenvalue weighted by atomic mass is 16.5. The fourth-order valence-corrected chi connectivity index (χ4v) is 2.82. The summed E-state index contributed by atoms with van der Waals surface area (Å²) in [4.78, 5) is 22.5. The number of nitrogens with zero attached hydrogens (tertiary/aromatic N) is 3. The van der Waals surface area contributed by atoms with Gasteiger partial charge in [0, 0.05) is 49.1 Å². The molecule has 132 valence electrons. The van der Waals surface area contributed by atoms with Gasteiger partial charge in [0.1, 0.15) is 0 Å². The minimum absolute atomic E-state index is 0.0768. The normalized spacial score (nSPS) is 18.5. The summed E-state index contributed by atoms with van der Waals surface area (Å²) < 4.78 is 5.57. The van der Waals surface area contributed by atoms with Crippen LogP contribution in [-0.2, 0) is 4.74 Å². The van der Waals surface area contributed by atoms with Gasteiger partial charge in [-0.1, -0.05) is 12.1 Å². The van der Waals surface area contributed by atoms with Gasteiger partial charge in [-0.25, -0.2) is 9.97 Å². The molecule has 0 aliphatic carbocycles.